The normalized spacial score (nSPS) is 25.6. The highest BCUT2D eigenvalue weighted by atomic mass is 16.5. The van der Waals surface area contributed by atoms with Crippen molar-refractivity contribution in [2.45, 2.75) is 96.7 Å². The van der Waals surface area contributed by atoms with Crippen LogP contribution in [0.2, 0.25) is 0 Å². The first kappa shape index (κ1) is 26.6. The van der Waals surface area contributed by atoms with Crippen LogP contribution < -0.4 is 5.32 Å². The summed E-state index contributed by atoms with van der Waals surface area (Å²) in [5, 5.41) is 23.4. The van der Waals surface area contributed by atoms with Crippen LogP contribution in [0.1, 0.15) is 84.5 Å². The molecule has 0 aromatic carbocycles. The molecule has 1 amide bonds. The van der Waals surface area contributed by atoms with Crippen molar-refractivity contribution in [1.29, 1.82) is 0 Å². The van der Waals surface area contributed by atoms with Crippen molar-refractivity contribution in [3.63, 3.8) is 0 Å². The molecular weight excluding hydrogens is 406 g/mol. The molecular formula is C26H43NO5. The molecule has 0 heterocycles. The van der Waals surface area contributed by atoms with Crippen LogP contribution >= 0.6 is 0 Å². The number of aliphatic hydroxyl groups is 2. The highest BCUT2D eigenvalue weighted by molar-refractivity contribution is 5.76. The maximum atomic E-state index is 11.9. The van der Waals surface area contributed by atoms with Gasteiger partial charge < -0.3 is 20.3 Å². The number of hydrogen-bond donors (Lipinski definition) is 3. The molecule has 0 radical (unpaired) electrons. The lowest BCUT2D eigenvalue weighted by atomic mass is 9.88. The first-order valence-electron chi connectivity index (χ1n) is 12.6. The number of unbranched alkanes of at least 4 members (excludes halogenated alkanes) is 3. The number of nitrogens with one attached hydrogen (secondary N) is 1. The summed E-state index contributed by atoms with van der Waals surface area (Å²) in [6.07, 6.45) is 15.0. The first-order chi connectivity index (χ1) is 15.4. The summed E-state index contributed by atoms with van der Waals surface area (Å²) in [6.45, 7) is 4.62. The molecule has 1 fully saturated rings. The van der Waals surface area contributed by atoms with Gasteiger partial charge in [0.15, 0.2) is 0 Å². The molecule has 0 saturated heterocycles. The average Bonchev–Trinajstić information content (AvgIpc) is 3.26. The van der Waals surface area contributed by atoms with Crippen LogP contribution in [0.3, 0.4) is 0 Å². The van der Waals surface area contributed by atoms with Gasteiger partial charge in [0.2, 0.25) is 5.91 Å². The molecule has 32 heavy (non-hydrogen) atoms. The van der Waals surface area contributed by atoms with Crippen molar-refractivity contribution in [3.05, 3.63) is 23.8 Å². The average molecular weight is 450 g/mol. The molecule has 0 unspecified atom stereocenters. The van der Waals surface area contributed by atoms with Gasteiger partial charge in [-0.2, -0.15) is 0 Å². The fourth-order valence-corrected chi connectivity index (χ4v) is 5.01. The molecule has 0 bridgehead atoms. The van der Waals surface area contributed by atoms with Gasteiger partial charge in [0.05, 0.1) is 25.2 Å². The maximum Gasteiger partial charge on any atom is 0.307 e. The zero-order chi connectivity index (χ0) is 23.3. The molecule has 5 atom stereocenters. The van der Waals surface area contributed by atoms with Crippen molar-refractivity contribution in [3.8, 4) is 0 Å². The smallest absolute Gasteiger partial charge is 0.307 e. The summed E-state index contributed by atoms with van der Waals surface area (Å²) in [6, 6.07) is 0. The molecule has 0 aromatic rings. The number of hydrogen-bond acceptors (Lipinski definition) is 5. The molecule has 2 rings (SSSR count). The number of carbonyl (C=O) groups is 2. The molecule has 0 aliphatic heterocycles. The zero-order valence-electron chi connectivity index (χ0n) is 19.9. The van der Waals surface area contributed by atoms with Crippen LogP contribution in [-0.4, -0.2) is 47.4 Å². The molecule has 0 spiro atoms. The largest absolute Gasteiger partial charge is 0.466 e. The van der Waals surface area contributed by atoms with Gasteiger partial charge >= 0.3 is 5.97 Å². The van der Waals surface area contributed by atoms with Gasteiger partial charge in [-0.1, -0.05) is 50.0 Å². The lowest BCUT2D eigenvalue weighted by Crippen LogP contribution is -2.26. The topological polar surface area (TPSA) is 95.9 Å². The molecule has 2 aliphatic rings. The van der Waals surface area contributed by atoms with E-state index >= 15 is 0 Å². The van der Waals surface area contributed by atoms with E-state index in [0.29, 0.717) is 31.4 Å². The van der Waals surface area contributed by atoms with E-state index in [0.717, 1.165) is 57.8 Å². The van der Waals surface area contributed by atoms with Gasteiger partial charge in [0.1, 0.15) is 0 Å². The second kappa shape index (κ2) is 14.5. The number of allylic oxidation sites excluding steroid dienone is 2. The highest BCUT2D eigenvalue weighted by Gasteiger charge is 2.43. The van der Waals surface area contributed by atoms with E-state index in [1.54, 1.807) is 6.92 Å². The van der Waals surface area contributed by atoms with E-state index in [9.17, 15) is 19.8 Å². The van der Waals surface area contributed by atoms with E-state index in [1.165, 1.54) is 5.57 Å². The van der Waals surface area contributed by atoms with Gasteiger partial charge in [-0.05, 0) is 57.3 Å². The third-order valence-corrected chi connectivity index (χ3v) is 6.72. The third-order valence-electron chi connectivity index (χ3n) is 6.72. The lowest BCUT2D eigenvalue weighted by molar-refractivity contribution is -0.143. The predicted molar refractivity (Wildman–Crippen MR) is 126 cm³/mol. The van der Waals surface area contributed by atoms with Crippen LogP contribution in [0.4, 0.5) is 0 Å². The second-order valence-electron chi connectivity index (χ2n) is 9.30. The van der Waals surface area contributed by atoms with Crippen molar-refractivity contribution in [1.82, 2.24) is 5.32 Å². The monoisotopic (exact) mass is 449 g/mol. The Bertz CT molecular complexity index is 644. The lowest BCUT2D eigenvalue weighted by Gasteiger charge is -2.19. The van der Waals surface area contributed by atoms with Crippen LogP contribution in [-0.2, 0) is 14.3 Å². The molecule has 6 heteroatoms. The number of rotatable bonds is 15. The Hall–Kier alpha value is -1.66. The number of esters is 1. The Morgan fingerprint density at radius 2 is 2.03 bits per heavy atom. The molecule has 0 aromatic heterocycles. The van der Waals surface area contributed by atoms with Gasteiger partial charge in [0.25, 0.3) is 0 Å². The van der Waals surface area contributed by atoms with Crippen molar-refractivity contribution in [2.24, 2.45) is 17.8 Å². The summed E-state index contributed by atoms with van der Waals surface area (Å²) < 4.78 is 4.84. The minimum Gasteiger partial charge on any atom is -0.466 e. The minimum atomic E-state index is -0.412. The van der Waals surface area contributed by atoms with Crippen LogP contribution in [0, 0.1) is 17.8 Å². The second-order valence-corrected chi connectivity index (χ2v) is 9.30. The van der Waals surface area contributed by atoms with E-state index in [4.69, 9.17) is 4.74 Å². The molecule has 2 aliphatic carbocycles. The third kappa shape index (κ3) is 9.07. The number of ether oxygens (including phenoxy) is 1. The van der Waals surface area contributed by atoms with Crippen LogP contribution in [0.15, 0.2) is 23.8 Å². The fourth-order valence-electron chi connectivity index (χ4n) is 5.01. The number of aliphatic hydroxyl groups excluding tert-OH is 2. The number of carbonyl (C=O) groups excluding carboxylic acids is 2. The Morgan fingerprint density at radius 1 is 1.22 bits per heavy atom. The summed E-state index contributed by atoms with van der Waals surface area (Å²) in [4.78, 5) is 23.2. The molecule has 6 nitrogen and oxygen atoms in total. The summed E-state index contributed by atoms with van der Waals surface area (Å²) in [7, 11) is 0. The highest BCUT2D eigenvalue weighted by Crippen LogP contribution is 2.48. The number of amides is 1. The molecule has 3 N–H and O–H groups in total. The Kier molecular flexibility index (Phi) is 12.0. The van der Waals surface area contributed by atoms with Gasteiger partial charge in [-0.25, -0.2) is 0 Å². The predicted octanol–water partition coefficient (Wildman–Crippen LogP) is 4.06. The van der Waals surface area contributed by atoms with Gasteiger partial charge in [-0.3, -0.25) is 9.59 Å². The van der Waals surface area contributed by atoms with Gasteiger partial charge in [-0.15, -0.1) is 0 Å². The van der Waals surface area contributed by atoms with Crippen molar-refractivity contribution >= 4 is 11.9 Å². The van der Waals surface area contributed by atoms with Crippen molar-refractivity contribution < 1.29 is 24.5 Å². The summed E-state index contributed by atoms with van der Waals surface area (Å²) in [5.41, 5.74) is 1.44. The zero-order valence-corrected chi connectivity index (χ0v) is 19.9. The van der Waals surface area contributed by atoms with E-state index in [-0.39, 0.29) is 30.3 Å². The Labute approximate surface area is 193 Å². The quantitative estimate of drug-likeness (QED) is 0.199. The van der Waals surface area contributed by atoms with E-state index in [1.807, 2.05) is 6.08 Å². The van der Waals surface area contributed by atoms with E-state index < -0.39 is 6.10 Å². The summed E-state index contributed by atoms with van der Waals surface area (Å²) in [5.74, 6) is 0.691. The minimum absolute atomic E-state index is 0.0163. The van der Waals surface area contributed by atoms with Crippen LogP contribution in [0.5, 0.6) is 0 Å². The van der Waals surface area contributed by atoms with Crippen LogP contribution in [0.25, 0.3) is 0 Å². The summed E-state index contributed by atoms with van der Waals surface area (Å²) >= 11 is 0. The SMILES string of the molecule is CCCCC[C@@H](O)C=C[C@@H]1[C@H]2CC(CCCCC(=O)NCCC(=O)OCC)=C[C@H]2C[C@H]1O. The van der Waals surface area contributed by atoms with E-state index in [2.05, 4.69) is 24.4 Å². The first-order valence-corrected chi connectivity index (χ1v) is 12.6. The Morgan fingerprint density at radius 3 is 2.78 bits per heavy atom. The van der Waals surface area contributed by atoms with Crippen molar-refractivity contribution in [2.75, 3.05) is 13.2 Å². The molecule has 1 saturated carbocycles. The standard InChI is InChI=1S/C26H43NO5/c1-3-5-6-10-21(28)12-13-22-23-17-19(16-20(23)18-24(22)29)9-7-8-11-25(30)27-15-14-26(31)32-4-2/h12-13,16,20-24,28-29H,3-11,14-15,17-18H2,1-2H3,(H,27,30)/t20-,21+,22+,23-,24+/m0/s1. The molecule has 182 valence electrons. The number of fused-ring (bicyclic) bond motifs is 1. The fraction of sp³-hybridized carbons (Fsp3) is 0.769. The maximum absolute atomic E-state index is 11.9. The Balaban J connectivity index is 1.64. The van der Waals surface area contributed by atoms with Gasteiger partial charge in [0, 0.05) is 18.9 Å².